The molecule has 1 heterocycles. The molecule has 0 bridgehead atoms. The summed E-state index contributed by atoms with van der Waals surface area (Å²) < 4.78 is 0. The molecular formula is C15H29N3O3. The highest BCUT2D eigenvalue weighted by Gasteiger charge is 2.19. The Labute approximate surface area is 127 Å². The van der Waals surface area contributed by atoms with Gasteiger partial charge in [0.05, 0.1) is 0 Å². The van der Waals surface area contributed by atoms with Crippen molar-refractivity contribution in [2.24, 2.45) is 5.92 Å². The molecule has 0 aromatic heterocycles. The summed E-state index contributed by atoms with van der Waals surface area (Å²) in [6.07, 6.45) is 5.28. The summed E-state index contributed by atoms with van der Waals surface area (Å²) in [5, 5.41) is 14.4. The van der Waals surface area contributed by atoms with Crippen LogP contribution < -0.4 is 10.6 Å². The minimum atomic E-state index is -0.760. The van der Waals surface area contributed by atoms with Crippen LogP contribution in [-0.2, 0) is 4.79 Å². The number of likely N-dealkylation sites (N-methyl/N-ethyl adjacent to an activating group) is 1. The third-order valence-electron chi connectivity index (χ3n) is 4.19. The first-order valence-corrected chi connectivity index (χ1v) is 7.92. The maximum atomic E-state index is 11.7. The number of carboxylic acid groups (broad SMARTS) is 1. The predicted molar refractivity (Wildman–Crippen MR) is 82.3 cm³/mol. The van der Waals surface area contributed by atoms with E-state index in [-0.39, 0.29) is 12.5 Å². The number of carbonyl (C=O) groups is 2. The Kier molecular flexibility index (Phi) is 8.12. The normalized spacial score (nSPS) is 20.8. The molecule has 1 aliphatic rings. The number of nitrogens with zero attached hydrogens (tertiary/aromatic N) is 1. The Morgan fingerprint density at radius 1 is 1.29 bits per heavy atom. The summed E-state index contributed by atoms with van der Waals surface area (Å²) in [6, 6.07) is 0.318. The molecule has 21 heavy (non-hydrogen) atoms. The first kappa shape index (κ1) is 17.8. The van der Waals surface area contributed by atoms with Gasteiger partial charge in [0.2, 0.25) is 0 Å². The minimum absolute atomic E-state index is 0.126. The fourth-order valence-corrected chi connectivity index (χ4v) is 2.62. The number of hydrogen-bond donors (Lipinski definition) is 3. The largest absolute Gasteiger partial charge is 0.481 e. The number of urea groups is 1. The highest BCUT2D eigenvalue weighted by molar-refractivity contribution is 5.73. The van der Waals surface area contributed by atoms with Crippen molar-refractivity contribution in [3.8, 4) is 0 Å². The second-order valence-electron chi connectivity index (χ2n) is 6.09. The van der Waals surface area contributed by atoms with Gasteiger partial charge in [-0.05, 0) is 45.2 Å². The van der Waals surface area contributed by atoms with Crippen molar-refractivity contribution < 1.29 is 14.7 Å². The highest BCUT2D eigenvalue weighted by atomic mass is 16.4. The van der Waals surface area contributed by atoms with Crippen molar-refractivity contribution in [3.05, 3.63) is 0 Å². The molecule has 0 aromatic carbocycles. The van der Waals surface area contributed by atoms with Crippen LogP contribution in [0, 0.1) is 5.92 Å². The van der Waals surface area contributed by atoms with Crippen LogP contribution in [0.25, 0.3) is 0 Å². The van der Waals surface area contributed by atoms with Gasteiger partial charge in [0.25, 0.3) is 0 Å². The van der Waals surface area contributed by atoms with Gasteiger partial charge < -0.3 is 20.6 Å². The first-order valence-electron chi connectivity index (χ1n) is 7.92. The van der Waals surface area contributed by atoms with E-state index >= 15 is 0 Å². The standard InChI is InChI=1S/C15H29N3O3/c1-12(6-7-14(19)20)8-9-16-15(21)17-11-13-5-3-4-10-18(13)2/h12-13H,3-11H2,1-2H3,(H,19,20)(H2,16,17,21). The molecule has 122 valence electrons. The number of carbonyl (C=O) groups excluding carboxylic acids is 1. The van der Waals surface area contributed by atoms with Crippen LogP contribution in [0.2, 0.25) is 0 Å². The summed E-state index contributed by atoms with van der Waals surface area (Å²) >= 11 is 0. The van der Waals surface area contributed by atoms with Gasteiger partial charge in [0, 0.05) is 25.6 Å². The third kappa shape index (κ3) is 7.90. The van der Waals surface area contributed by atoms with Gasteiger partial charge >= 0.3 is 12.0 Å². The Hall–Kier alpha value is -1.30. The summed E-state index contributed by atoms with van der Waals surface area (Å²) in [6.45, 7) is 4.40. The van der Waals surface area contributed by atoms with Crippen LogP contribution in [0.4, 0.5) is 4.79 Å². The van der Waals surface area contributed by atoms with Crippen molar-refractivity contribution >= 4 is 12.0 Å². The van der Waals surface area contributed by atoms with Crippen LogP contribution in [0.15, 0.2) is 0 Å². The number of hydrogen-bond acceptors (Lipinski definition) is 3. The van der Waals surface area contributed by atoms with Crippen molar-refractivity contribution in [3.63, 3.8) is 0 Å². The van der Waals surface area contributed by atoms with Crippen molar-refractivity contribution in [1.29, 1.82) is 0 Å². The SMILES string of the molecule is CC(CCNC(=O)NCC1CCCCN1C)CCC(=O)O. The summed E-state index contributed by atoms with van der Waals surface area (Å²) in [5.41, 5.74) is 0. The lowest BCUT2D eigenvalue weighted by Crippen LogP contribution is -2.47. The van der Waals surface area contributed by atoms with Gasteiger partial charge in [-0.3, -0.25) is 4.79 Å². The molecule has 1 aliphatic heterocycles. The van der Waals surface area contributed by atoms with Gasteiger partial charge in [-0.2, -0.15) is 0 Å². The third-order valence-corrected chi connectivity index (χ3v) is 4.19. The molecular weight excluding hydrogens is 270 g/mol. The molecule has 0 aromatic rings. The zero-order chi connectivity index (χ0) is 15.7. The average molecular weight is 299 g/mol. The van der Waals surface area contributed by atoms with Crippen LogP contribution in [0.5, 0.6) is 0 Å². The van der Waals surface area contributed by atoms with E-state index in [4.69, 9.17) is 5.11 Å². The zero-order valence-corrected chi connectivity index (χ0v) is 13.2. The average Bonchev–Trinajstić information content (AvgIpc) is 2.44. The molecule has 1 fully saturated rings. The Morgan fingerprint density at radius 2 is 2.05 bits per heavy atom. The number of nitrogens with one attached hydrogen (secondary N) is 2. The van der Waals surface area contributed by atoms with E-state index in [1.807, 2.05) is 6.92 Å². The van der Waals surface area contributed by atoms with E-state index in [9.17, 15) is 9.59 Å². The van der Waals surface area contributed by atoms with Gasteiger partial charge in [-0.15, -0.1) is 0 Å². The topological polar surface area (TPSA) is 81.7 Å². The molecule has 0 saturated carbocycles. The van der Waals surface area contributed by atoms with Gasteiger partial charge in [0.15, 0.2) is 0 Å². The van der Waals surface area contributed by atoms with Gasteiger partial charge in [0.1, 0.15) is 0 Å². The Balaban J connectivity index is 2.06. The maximum absolute atomic E-state index is 11.7. The molecule has 6 heteroatoms. The van der Waals surface area contributed by atoms with E-state index in [0.717, 1.165) is 19.4 Å². The van der Waals surface area contributed by atoms with Crippen molar-refractivity contribution in [2.45, 2.75) is 51.5 Å². The number of carboxylic acids is 1. The van der Waals surface area contributed by atoms with Crippen molar-refractivity contribution in [1.82, 2.24) is 15.5 Å². The molecule has 3 N–H and O–H groups in total. The lowest BCUT2D eigenvalue weighted by atomic mass is 10.0. The van der Waals surface area contributed by atoms with Gasteiger partial charge in [-0.1, -0.05) is 13.3 Å². The summed E-state index contributed by atoms with van der Waals surface area (Å²) in [7, 11) is 2.10. The Bertz CT molecular complexity index is 336. The second kappa shape index (κ2) is 9.60. The van der Waals surface area contributed by atoms with Crippen LogP contribution >= 0.6 is 0 Å². The van der Waals surface area contributed by atoms with Crippen LogP contribution in [0.1, 0.15) is 45.4 Å². The number of likely N-dealkylation sites (tertiary alicyclic amines) is 1. The minimum Gasteiger partial charge on any atom is -0.481 e. The first-order chi connectivity index (χ1) is 9.99. The van der Waals surface area contributed by atoms with Crippen LogP contribution in [-0.4, -0.2) is 54.7 Å². The molecule has 6 nitrogen and oxygen atoms in total. The molecule has 2 amide bonds. The monoisotopic (exact) mass is 299 g/mol. The van der Waals surface area contributed by atoms with Crippen molar-refractivity contribution in [2.75, 3.05) is 26.7 Å². The number of rotatable bonds is 8. The molecule has 2 unspecified atom stereocenters. The van der Waals surface area contributed by atoms with E-state index < -0.39 is 5.97 Å². The molecule has 0 spiro atoms. The molecule has 2 atom stereocenters. The van der Waals surface area contributed by atoms with Gasteiger partial charge in [-0.25, -0.2) is 4.79 Å². The van der Waals surface area contributed by atoms with Crippen LogP contribution in [0.3, 0.4) is 0 Å². The number of amides is 2. The number of piperidine rings is 1. The zero-order valence-electron chi connectivity index (χ0n) is 13.2. The fourth-order valence-electron chi connectivity index (χ4n) is 2.62. The maximum Gasteiger partial charge on any atom is 0.314 e. The van der Waals surface area contributed by atoms with E-state index in [2.05, 4.69) is 22.6 Å². The lowest BCUT2D eigenvalue weighted by molar-refractivity contribution is -0.137. The molecule has 0 aliphatic carbocycles. The fraction of sp³-hybridized carbons (Fsp3) is 0.867. The molecule has 1 saturated heterocycles. The quantitative estimate of drug-likeness (QED) is 0.636. The van der Waals surface area contributed by atoms with E-state index in [0.29, 0.717) is 31.5 Å². The number of aliphatic carboxylic acids is 1. The summed E-state index contributed by atoms with van der Waals surface area (Å²) in [5.74, 6) is -0.449. The molecule has 1 rings (SSSR count). The van der Waals surface area contributed by atoms with E-state index in [1.54, 1.807) is 0 Å². The lowest BCUT2D eigenvalue weighted by Gasteiger charge is -2.32. The van der Waals surface area contributed by atoms with E-state index in [1.165, 1.54) is 12.8 Å². The Morgan fingerprint density at radius 3 is 2.71 bits per heavy atom. The molecule has 0 radical (unpaired) electrons. The second-order valence-corrected chi connectivity index (χ2v) is 6.09. The predicted octanol–water partition coefficient (Wildman–Crippen LogP) is 1.66. The smallest absolute Gasteiger partial charge is 0.314 e. The summed E-state index contributed by atoms with van der Waals surface area (Å²) in [4.78, 5) is 24.5. The highest BCUT2D eigenvalue weighted by Crippen LogP contribution is 2.13.